The fraction of sp³-hybridized carbons (Fsp3) is 0.500. The zero-order chi connectivity index (χ0) is 15.6. The Morgan fingerprint density at radius 1 is 1.33 bits per heavy atom. The molecule has 0 aromatic heterocycles. The Kier molecular flexibility index (Phi) is 4.57. The first-order valence-electron chi connectivity index (χ1n) is 7.16. The molecule has 0 bridgehead atoms. The van der Waals surface area contributed by atoms with E-state index in [1.54, 1.807) is 26.0 Å². The standard InChI is InChI=1S/C16H20ClNO3/c1-10(2)13(14(19)20)18-15(21)16(7-4-8-16)11-5-3-6-12(17)9-11/h3,5-6,9-10,13H,4,7-8H2,1-2H3,(H,18,21)(H,19,20)/t13-/m0/s1. The van der Waals surface area contributed by atoms with Crippen molar-refractivity contribution in [2.45, 2.75) is 44.6 Å². The van der Waals surface area contributed by atoms with Crippen LogP contribution >= 0.6 is 11.6 Å². The van der Waals surface area contributed by atoms with E-state index >= 15 is 0 Å². The number of rotatable bonds is 5. The Morgan fingerprint density at radius 3 is 2.43 bits per heavy atom. The third-order valence-corrected chi connectivity index (χ3v) is 4.47. The van der Waals surface area contributed by atoms with Crippen LogP contribution in [0.4, 0.5) is 0 Å². The molecule has 1 aromatic carbocycles. The number of carbonyl (C=O) groups is 2. The van der Waals surface area contributed by atoms with Gasteiger partial charge in [0.15, 0.2) is 0 Å². The monoisotopic (exact) mass is 309 g/mol. The van der Waals surface area contributed by atoms with Crippen molar-refractivity contribution >= 4 is 23.5 Å². The topological polar surface area (TPSA) is 66.4 Å². The van der Waals surface area contributed by atoms with Gasteiger partial charge in [0.05, 0.1) is 5.41 Å². The first-order chi connectivity index (χ1) is 9.86. The summed E-state index contributed by atoms with van der Waals surface area (Å²) >= 11 is 6.02. The number of carboxylic acids is 1. The van der Waals surface area contributed by atoms with Gasteiger partial charge in [-0.3, -0.25) is 4.79 Å². The maximum Gasteiger partial charge on any atom is 0.326 e. The number of carbonyl (C=O) groups excluding carboxylic acids is 1. The molecule has 0 unspecified atom stereocenters. The molecule has 114 valence electrons. The minimum Gasteiger partial charge on any atom is -0.480 e. The maximum atomic E-state index is 12.7. The van der Waals surface area contributed by atoms with Gasteiger partial charge in [-0.25, -0.2) is 4.79 Å². The van der Waals surface area contributed by atoms with E-state index in [2.05, 4.69) is 5.32 Å². The summed E-state index contributed by atoms with van der Waals surface area (Å²) in [6.45, 7) is 3.57. The van der Waals surface area contributed by atoms with Crippen LogP contribution < -0.4 is 5.32 Å². The molecule has 0 saturated heterocycles. The molecule has 1 aromatic rings. The number of benzene rings is 1. The van der Waals surface area contributed by atoms with Crippen molar-refractivity contribution in [1.29, 1.82) is 0 Å². The second-order valence-corrected chi connectivity index (χ2v) is 6.42. The molecule has 4 nitrogen and oxygen atoms in total. The van der Waals surface area contributed by atoms with Crippen LogP contribution in [-0.2, 0) is 15.0 Å². The SMILES string of the molecule is CC(C)[C@H](NC(=O)C1(c2cccc(Cl)c2)CCC1)C(=O)O. The van der Waals surface area contributed by atoms with Crippen molar-refractivity contribution in [3.8, 4) is 0 Å². The minimum absolute atomic E-state index is 0.164. The molecule has 0 heterocycles. The van der Waals surface area contributed by atoms with Gasteiger partial charge in [0.25, 0.3) is 0 Å². The normalized spacial score (nSPS) is 17.9. The van der Waals surface area contributed by atoms with E-state index in [9.17, 15) is 14.7 Å². The summed E-state index contributed by atoms with van der Waals surface area (Å²) in [5.41, 5.74) is 0.236. The Bertz CT molecular complexity index is 552. The largest absolute Gasteiger partial charge is 0.480 e. The van der Waals surface area contributed by atoms with Gasteiger partial charge >= 0.3 is 5.97 Å². The molecule has 1 saturated carbocycles. The van der Waals surface area contributed by atoms with Crippen LogP contribution in [0.25, 0.3) is 0 Å². The van der Waals surface area contributed by atoms with Crippen LogP contribution in [0.15, 0.2) is 24.3 Å². The average Bonchev–Trinajstić information content (AvgIpc) is 2.34. The van der Waals surface area contributed by atoms with Crippen molar-refractivity contribution in [1.82, 2.24) is 5.32 Å². The molecule has 1 aliphatic carbocycles. The molecular formula is C16H20ClNO3. The Hall–Kier alpha value is -1.55. The van der Waals surface area contributed by atoms with Crippen LogP contribution in [0.3, 0.4) is 0 Å². The van der Waals surface area contributed by atoms with E-state index in [0.717, 1.165) is 24.8 Å². The summed E-state index contributed by atoms with van der Waals surface area (Å²) in [6, 6.07) is 6.40. The number of aliphatic carboxylic acids is 1. The first-order valence-corrected chi connectivity index (χ1v) is 7.54. The summed E-state index contributed by atoms with van der Waals surface area (Å²) in [6.07, 6.45) is 2.41. The third-order valence-electron chi connectivity index (χ3n) is 4.24. The smallest absolute Gasteiger partial charge is 0.326 e. The summed E-state index contributed by atoms with van der Waals surface area (Å²) in [7, 11) is 0. The lowest BCUT2D eigenvalue weighted by molar-refractivity contribution is -0.144. The van der Waals surface area contributed by atoms with Crippen molar-refractivity contribution in [3.63, 3.8) is 0 Å². The van der Waals surface area contributed by atoms with Crippen molar-refractivity contribution in [3.05, 3.63) is 34.9 Å². The lowest BCUT2D eigenvalue weighted by Crippen LogP contribution is -2.55. The summed E-state index contributed by atoms with van der Waals surface area (Å²) in [5, 5.41) is 12.5. The number of hydrogen-bond donors (Lipinski definition) is 2. The van der Waals surface area contributed by atoms with E-state index < -0.39 is 17.4 Å². The average molecular weight is 310 g/mol. The van der Waals surface area contributed by atoms with E-state index in [1.165, 1.54) is 0 Å². The number of nitrogens with one attached hydrogen (secondary N) is 1. The van der Waals surface area contributed by atoms with Gasteiger partial charge < -0.3 is 10.4 Å². The summed E-state index contributed by atoms with van der Waals surface area (Å²) < 4.78 is 0. The molecule has 0 spiro atoms. The number of hydrogen-bond acceptors (Lipinski definition) is 2. The van der Waals surface area contributed by atoms with Crippen LogP contribution in [-0.4, -0.2) is 23.0 Å². The fourth-order valence-corrected chi connectivity index (χ4v) is 2.95. The van der Waals surface area contributed by atoms with Crippen LogP contribution in [0.2, 0.25) is 5.02 Å². The molecule has 1 fully saturated rings. The molecular weight excluding hydrogens is 290 g/mol. The number of amides is 1. The van der Waals surface area contributed by atoms with Gasteiger partial charge in [0, 0.05) is 5.02 Å². The molecule has 2 rings (SSSR count). The molecule has 1 atom stereocenters. The van der Waals surface area contributed by atoms with E-state index in [1.807, 2.05) is 12.1 Å². The van der Waals surface area contributed by atoms with Crippen LogP contribution in [0, 0.1) is 5.92 Å². The molecule has 1 amide bonds. The van der Waals surface area contributed by atoms with Gasteiger partial charge in [-0.05, 0) is 36.5 Å². The Morgan fingerprint density at radius 2 is 2.00 bits per heavy atom. The highest BCUT2D eigenvalue weighted by atomic mass is 35.5. The zero-order valence-electron chi connectivity index (χ0n) is 12.2. The second-order valence-electron chi connectivity index (χ2n) is 5.98. The number of halogens is 1. The van der Waals surface area contributed by atoms with Gasteiger partial charge in [0.1, 0.15) is 6.04 Å². The quantitative estimate of drug-likeness (QED) is 0.878. The van der Waals surface area contributed by atoms with Gasteiger partial charge in [0.2, 0.25) is 5.91 Å². The van der Waals surface area contributed by atoms with Crippen molar-refractivity contribution in [2.75, 3.05) is 0 Å². The third kappa shape index (κ3) is 3.05. The second kappa shape index (κ2) is 6.06. The Labute approximate surface area is 129 Å². The van der Waals surface area contributed by atoms with E-state index in [4.69, 9.17) is 11.6 Å². The van der Waals surface area contributed by atoms with Crippen LogP contribution in [0.5, 0.6) is 0 Å². The first kappa shape index (κ1) is 15.8. The van der Waals surface area contributed by atoms with Gasteiger partial charge in [-0.15, -0.1) is 0 Å². The predicted octanol–water partition coefficient (Wildman–Crippen LogP) is 2.99. The number of carboxylic acid groups (broad SMARTS) is 1. The molecule has 2 N–H and O–H groups in total. The van der Waals surface area contributed by atoms with Crippen molar-refractivity contribution in [2.24, 2.45) is 5.92 Å². The van der Waals surface area contributed by atoms with Gasteiger partial charge in [-0.1, -0.05) is 44.0 Å². The summed E-state index contributed by atoms with van der Waals surface area (Å²) in [4.78, 5) is 23.9. The lowest BCUT2D eigenvalue weighted by atomic mass is 9.63. The van der Waals surface area contributed by atoms with Crippen LogP contribution in [0.1, 0.15) is 38.7 Å². The Balaban J connectivity index is 2.24. The molecule has 5 heteroatoms. The molecule has 0 radical (unpaired) electrons. The molecule has 0 aliphatic heterocycles. The highest BCUT2D eigenvalue weighted by Crippen LogP contribution is 2.44. The minimum atomic E-state index is -1.00. The van der Waals surface area contributed by atoms with Crippen molar-refractivity contribution < 1.29 is 14.7 Å². The molecule has 1 aliphatic rings. The highest BCUT2D eigenvalue weighted by molar-refractivity contribution is 6.30. The molecule has 21 heavy (non-hydrogen) atoms. The van der Waals surface area contributed by atoms with E-state index in [0.29, 0.717) is 5.02 Å². The lowest BCUT2D eigenvalue weighted by Gasteiger charge is -2.41. The maximum absolute atomic E-state index is 12.7. The highest BCUT2D eigenvalue weighted by Gasteiger charge is 2.46. The van der Waals surface area contributed by atoms with Gasteiger partial charge in [-0.2, -0.15) is 0 Å². The van der Waals surface area contributed by atoms with E-state index in [-0.39, 0.29) is 11.8 Å². The summed E-state index contributed by atoms with van der Waals surface area (Å²) in [5.74, 6) is -1.38. The fourth-order valence-electron chi connectivity index (χ4n) is 2.76. The predicted molar refractivity (Wildman–Crippen MR) is 81.4 cm³/mol. The zero-order valence-corrected chi connectivity index (χ0v) is 13.0.